The van der Waals surface area contributed by atoms with Crippen molar-refractivity contribution in [2.75, 3.05) is 18.4 Å². The summed E-state index contributed by atoms with van der Waals surface area (Å²) in [6.07, 6.45) is 4.56. The van der Waals surface area contributed by atoms with E-state index in [0.29, 0.717) is 17.3 Å². The lowest BCUT2D eigenvalue weighted by atomic mass is 10.2. The molecule has 0 spiro atoms. The number of nitrogens with one attached hydrogen (secondary N) is 1. The van der Waals surface area contributed by atoms with Crippen LogP contribution in [0.1, 0.15) is 55.8 Å². The molecule has 3 rings (SSSR count). The molecule has 1 fully saturated rings. The third-order valence-corrected chi connectivity index (χ3v) is 4.46. The fraction of sp³-hybridized carbons (Fsp3) is 0.476. The number of aromatic nitrogens is 2. The molecular formula is C21H28N4O2. The Morgan fingerprint density at radius 2 is 1.81 bits per heavy atom. The highest BCUT2D eigenvalue weighted by Crippen LogP contribution is 2.28. The van der Waals surface area contributed by atoms with Gasteiger partial charge in [0.1, 0.15) is 23.1 Å². The van der Waals surface area contributed by atoms with Crippen molar-refractivity contribution in [3.05, 3.63) is 41.9 Å². The molecule has 0 radical (unpaired) electrons. The van der Waals surface area contributed by atoms with Crippen LogP contribution in [0.5, 0.6) is 5.75 Å². The molecule has 1 amide bonds. The number of carbonyl (C=O) groups is 1. The topological polar surface area (TPSA) is 67.4 Å². The largest absolute Gasteiger partial charge is 0.489 e. The number of benzene rings is 1. The number of para-hydroxylation sites is 2. The van der Waals surface area contributed by atoms with Gasteiger partial charge in [0, 0.05) is 19.2 Å². The first-order valence-corrected chi connectivity index (χ1v) is 9.70. The molecule has 6 heteroatoms. The Morgan fingerprint density at radius 3 is 2.52 bits per heavy atom. The van der Waals surface area contributed by atoms with Crippen LogP contribution in [0.3, 0.4) is 0 Å². The number of hydrogen-bond acceptors (Lipinski definition) is 5. The Kier molecular flexibility index (Phi) is 6.27. The molecule has 1 aromatic carbocycles. The molecule has 0 atom stereocenters. The van der Waals surface area contributed by atoms with Gasteiger partial charge in [0.25, 0.3) is 5.91 Å². The Bertz CT molecular complexity index is 784. The van der Waals surface area contributed by atoms with Gasteiger partial charge in [-0.3, -0.25) is 4.79 Å². The van der Waals surface area contributed by atoms with E-state index in [2.05, 4.69) is 15.3 Å². The van der Waals surface area contributed by atoms with Gasteiger partial charge < -0.3 is 15.0 Å². The lowest BCUT2D eigenvalue weighted by molar-refractivity contribution is 0.0755. The molecule has 2 heterocycles. The first kappa shape index (κ1) is 19.1. The second-order valence-corrected chi connectivity index (χ2v) is 7.18. The van der Waals surface area contributed by atoms with Gasteiger partial charge in [-0.2, -0.15) is 0 Å². The summed E-state index contributed by atoms with van der Waals surface area (Å²) in [5.74, 6) is 1.90. The minimum Gasteiger partial charge on any atom is -0.489 e. The highest BCUT2D eigenvalue weighted by atomic mass is 16.5. The van der Waals surface area contributed by atoms with Crippen LogP contribution in [0, 0.1) is 6.92 Å². The summed E-state index contributed by atoms with van der Waals surface area (Å²) in [5.41, 5.74) is 1.26. The third kappa shape index (κ3) is 5.18. The Labute approximate surface area is 161 Å². The third-order valence-electron chi connectivity index (χ3n) is 4.46. The van der Waals surface area contributed by atoms with Gasteiger partial charge in [-0.25, -0.2) is 9.97 Å². The molecule has 0 bridgehead atoms. The normalized spacial score (nSPS) is 14.7. The second-order valence-electron chi connectivity index (χ2n) is 7.18. The molecular weight excluding hydrogens is 340 g/mol. The molecule has 144 valence electrons. The predicted octanol–water partition coefficient (Wildman–Crippen LogP) is 4.33. The molecule has 2 aromatic rings. The van der Waals surface area contributed by atoms with Crippen LogP contribution in [0.4, 0.5) is 11.5 Å². The highest BCUT2D eigenvalue weighted by Gasteiger charge is 2.20. The highest BCUT2D eigenvalue weighted by molar-refractivity contribution is 5.93. The van der Waals surface area contributed by atoms with Crippen LogP contribution in [0.2, 0.25) is 0 Å². The van der Waals surface area contributed by atoms with Crippen LogP contribution in [-0.4, -0.2) is 40.0 Å². The number of rotatable bonds is 5. The van der Waals surface area contributed by atoms with Crippen molar-refractivity contribution in [1.29, 1.82) is 0 Å². The first-order valence-electron chi connectivity index (χ1n) is 9.70. The van der Waals surface area contributed by atoms with E-state index in [1.807, 2.05) is 43.0 Å². The summed E-state index contributed by atoms with van der Waals surface area (Å²) >= 11 is 0. The number of anilines is 2. The van der Waals surface area contributed by atoms with Crippen molar-refractivity contribution in [2.45, 2.75) is 52.6 Å². The van der Waals surface area contributed by atoms with Crippen molar-refractivity contribution in [3.63, 3.8) is 0 Å². The smallest absolute Gasteiger partial charge is 0.272 e. The number of aryl methyl sites for hydroxylation is 1. The van der Waals surface area contributed by atoms with Crippen LogP contribution < -0.4 is 10.1 Å². The molecule has 0 unspecified atom stereocenters. The minimum atomic E-state index is -0.0165. The SMILES string of the molecule is Cc1nc(Nc2ccccc2OC(C)C)cc(C(=O)N2CCCCCC2)n1. The molecule has 1 saturated heterocycles. The molecule has 0 aliphatic carbocycles. The maximum atomic E-state index is 12.9. The van der Waals surface area contributed by atoms with Crippen molar-refractivity contribution in [2.24, 2.45) is 0 Å². The molecule has 1 N–H and O–H groups in total. The molecule has 6 nitrogen and oxygen atoms in total. The number of likely N-dealkylation sites (tertiary alicyclic amines) is 1. The van der Waals surface area contributed by atoms with Crippen molar-refractivity contribution >= 4 is 17.4 Å². The van der Waals surface area contributed by atoms with Crippen molar-refractivity contribution in [3.8, 4) is 5.75 Å². The lowest BCUT2D eigenvalue weighted by Crippen LogP contribution is -2.32. The summed E-state index contributed by atoms with van der Waals surface area (Å²) in [6, 6.07) is 9.45. The summed E-state index contributed by atoms with van der Waals surface area (Å²) in [7, 11) is 0. The summed E-state index contributed by atoms with van der Waals surface area (Å²) < 4.78 is 5.85. The number of carbonyl (C=O) groups excluding carboxylic acids is 1. The van der Waals surface area contributed by atoms with E-state index in [9.17, 15) is 4.79 Å². The Morgan fingerprint density at radius 1 is 1.11 bits per heavy atom. The maximum Gasteiger partial charge on any atom is 0.272 e. The Balaban J connectivity index is 1.82. The minimum absolute atomic E-state index is 0.0165. The fourth-order valence-corrected chi connectivity index (χ4v) is 3.24. The average molecular weight is 368 g/mol. The zero-order valence-electron chi connectivity index (χ0n) is 16.4. The van der Waals surface area contributed by atoms with Gasteiger partial charge in [-0.05, 0) is 45.7 Å². The van der Waals surface area contributed by atoms with Gasteiger partial charge in [0.05, 0.1) is 11.8 Å². The van der Waals surface area contributed by atoms with Crippen LogP contribution >= 0.6 is 0 Å². The summed E-state index contributed by atoms with van der Waals surface area (Å²) in [6.45, 7) is 7.39. The Hall–Kier alpha value is -2.63. The standard InChI is InChI=1S/C21H28N4O2/c1-15(2)27-19-11-7-6-10-17(19)24-20-14-18(22-16(3)23-20)21(26)25-12-8-4-5-9-13-25/h6-7,10-11,14-15H,4-5,8-9,12-13H2,1-3H3,(H,22,23,24). The van der Waals surface area contributed by atoms with Crippen molar-refractivity contribution in [1.82, 2.24) is 14.9 Å². The zero-order chi connectivity index (χ0) is 19.2. The monoisotopic (exact) mass is 368 g/mol. The number of nitrogens with zero attached hydrogens (tertiary/aromatic N) is 3. The van der Waals surface area contributed by atoms with E-state index >= 15 is 0 Å². The maximum absolute atomic E-state index is 12.9. The molecule has 0 saturated carbocycles. The van der Waals surface area contributed by atoms with Gasteiger partial charge in [0.15, 0.2) is 0 Å². The average Bonchev–Trinajstić information content (AvgIpc) is 2.91. The molecule has 1 aliphatic rings. The predicted molar refractivity (Wildman–Crippen MR) is 107 cm³/mol. The van der Waals surface area contributed by atoms with Crippen LogP contribution in [0.25, 0.3) is 0 Å². The van der Waals surface area contributed by atoms with E-state index in [1.54, 1.807) is 13.0 Å². The van der Waals surface area contributed by atoms with E-state index < -0.39 is 0 Å². The fourth-order valence-electron chi connectivity index (χ4n) is 3.24. The van der Waals surface area contributed by atoms with Gasteiger partial charge in [-0.1, -0.05) is 25.0 Å². The van der Waals surface area contributed by atoms with Gasteiger partial charge in [-0.15, -0.1) is 0 Å². The molecule has 1 aromatic heterocycles. The van der Waals surface area contributed by atoms with Gasteiger partial charge >= 0.3 is 0 Å². The van der Waals surface area contributed by atoms with Crippen LogP contribution in [-0.2, 0) is 0 Å². The van der Waals surface area contributed by atoms with Crippen molar-refractivity contribution < 1.29 is 9.53 Å². The van der Waals surface area contributed by atoms with E-state index in [1.165, 1.54) is 12.8 Å². The van der Waals surface area contributed by atoms with E-state index in [4.69, 9.17) is 4.74 Å². The summed E-state index contributed by atoms with van der Waals surface area (Å²) in [5, 5.41) is 3.28. The number of hydrogen-bond donors (Lipinski definition) is 1. The first-order chi connectivity index (χ1) is 13.0. The lowest BCUT2D eigenvalue weighted by Gasteiger charge is -2.20. The second kappa shape index (κ2) is 8.84. The number of amides is 1. The molecule has 27 heavy (non-hydrogen) atoms. The molecule has 1 aliphatic heterocycles. The quantitative estimate of drug-likeness (QED) is 0.851. The van der Waals surface area contributed by atoms with E-state index in [-0.39, 0.29) is 12.0 Å². The number of ether oxygens (including phenoxy) is 1. The zero-order valence-corrected chi connectivity index (χ0v) is 16.4. The van der Waals surface area contributed by atoms with E-state index in [0.717, 1.165) is 37.4 Å². The van der Waals surface area contributed by atoms with Crippen LogP contribution in [0.15, 0.2) is 30.3 Å². The van der Waals surface area contributed by atoms with Gasteiger partial charge in [0.2, 0.25) is 0 Å². The summed E-state index contributed by atoms with van der Waals surface area (Å²) in [4.78, 5) is 23.6.